The Morgan fingerprint density at radius 3 is 2.27 bits per heavy atom. The van der Waals surface area contributed by atoms with Crippen molar-refractivity contribution in [3.05, 3.63) is 65.4 Å². The van der Waals surface area contributed by atoms with E-state index in [2.05, 4.69) is 15.5 Å². The van der Waals surface area contributed by atoms with Crippen LogP contribution < -0.4 is 19.5 Å². The van der Waals surface area contributed by atoms with Gasteiger partial charge in [-0.15, -0.1) is 0 Å². The molecule has 30 heavy (non-hydrogen) atoms. The maximum Gasteiger partial charge on any atom is 0.229 e. The van der Waals surface area contributed by atoms with Crippen molar-refractivity contribution in [2.24, 2.45) is 0 Å². The molecule has 0 aliphatic carbocycles. The molecule has 0 fully saturated rings. The molecule has 158 valence electrons. The number of H-pyrrole nitrogens is 1. The first kappa shape index (κ1) is 21.2. The second kappa shape index (κ2) is 10.3. The number of hydrogen-bond acceptors (Lipinski definition) is 5. The van der Waals surface area contributed by atoms with Gasteiger partial charge in [0.1, 0.15) is 17.2 Å². The summed E-state index contributed by atoms with van der Waals surface area (Å²) in [7, 11) is 3.27. The number of nitrogens with zero attached hydrogens (tertiary/aromatic N) is 1. The fraction of sp³-hybridized carbons (Fsp3) is 0.304. The summed E-state index contributed by atoms with van der Waals surface area (Å²) in [6.45, 7) is 2.56. The topological polar surface area (TPSA) is 85.5 Å². The van der Waals surface area contributed by atoms with Crippen LogP contribution in [0.3, 0.4) is 0 Å². The predicted octanol–water partition coefficient (Wildman–Crippen LogP) is 3.79. The van der Waals surface area contributed by atoms with Crippen LogP contribution in [0.15, 0.2) is 48.5 Å². The fourth-order valence-electron chi connectivity index (χ4n) is 3.09. The van der Waals surface area contributed by atoms with Gasteiger partial charge >= 0.3 is 0 Å². The molecule has 0 aliphatic rings. The van der Waals surface area contributed by atoms with Crippen molar-refractivity contribution in [2.75, 3.05) is 26.1 Å². The van der Waals surface area contributed by atoms with E-state index in [-0.39, 0.29) is 12.3 Å². The van der Waals surface area contributed by atoms with Gasteiger partial charge in [0.25, 0.3) is 0 Å². The van der Waals surface area contributed by atoms with E-state index >= 15 is 0 Å². The SMILES string of the molecule is CCOc1ccc(CC(=O)Nc2cc(CCc3cc(OC)cc(OC)c3)[nH]n2)cc1. The molecule has 2 N–H and O–H groups in total. The van der Waals surface area contributed by atoms with Gasteiger partial charge in [-0.25, -0.2) is 0 Å². The lowest BCUT2D eigenvalue weighted by atomic mass is 10.1. The summed E-state index contributed by atoms with van der Waals surface area (Å²) in [6, 6.07) is 15.2. The van der Waals surface area contributed by atoms with Crippen molar-refractivity contribution < 1.29 is 19.0 Å². The smallest absolute Gasteiger partial charge is 0.229 e. The molecule has 0 saturated carbocycles. The van der Waals surface area contributed by atoms with Gasteiger partial charge in [0.05, 0.1) is 27.2 Å². The van der Waals surface area contributed by atoms with Gasteiger partial charge in [0, 0.05) is 17.8 Å². The van der Waals surface area contributed by atoms with E-state index in [1.165, 1.54) is 0 Å². The van der Waals surface area contributed by atoms with Crippen LogP contribution in [-0.4, -0.2) is 36.9 Å². The Hall–Kier alpha value is -3.48. The van der Waals surface area contributed by atoms with Crippen LogP contribution in [0.2, 0.25) is 0 Å². The molecule has 1 heterocycles. The predicted molar refractivity (Wildman–Crippen MR) is 115 cm³/mol. The van der Waals surface area contributed by atoms with Crippen LogP contribution in [0.1, 0.15) is 23.7 Å². The number of rotatable bonds is 10. The second-order valence-corrected chi connectivity index (χ2v) is 6.80. The van der Waals surface area contributed by atoms with Crippen LogP contribution >= 0.6 is 0 Å². The van der Waals surface area contributed by atoms with Crippen LogP contribution in [0, 0.1) is 0 Å². The minimum atomic E-state index is -0.116. The van der Waals surface area contributed by atoms with E-state index in [9.17, 15) is 4.79 Å². The number of anilines is 1. The minimum Gasteiger partial charge on any atom is -0.497 e. The van der Waals surface area contributed by atoms with Gasteiger partial charge in [-0.1, -0.05) is 12.1 Å². The molecule has 3 aromatic rings. The summed E-state index contributed by atoms with van der Waals surface area (Å²) >= 11 is 0. The van der Waals surface area contributed by atoms with Gasteiger partial charge < -0.3 is 19.5 Å². The average Bonchev–Trinajstić information content (AvgIpc) is 3.20. The third kappa shape index (κ3) is 6.01. The van der Waals surface area contributed by atoms with Crippen molar-refractivity contribution in [1.29, 1.82) is 0 Å². The molecule has 0 unspecified atom stereocenters. The molecule has 3 rings (SSSR count). The van der Waals surface area contributed by atoms with E-state index < -0.39 is 0 Å². The third-order valence-corrected chi connectivity index (χ3v) is 4.59. The molecule has 0 radical (unpaired) electrons. The molecule has 7 heteroatoms. The molecule has 0 aliphatic heterocycles. The van der Waals surface area contributed by atoms with Gasteiger partial charge in [-0.05, 0) is 55.2 Å². The average molecular weight is 409 g/mol. The van der Waals surface area contributed by atoms with E-state index in [0.29, 0.717) is 12.4 Å². The third-order valence-electron chi connectivity index (χ3n) is 4.59. The second-order valence-electron chi connectivity index (χ2n) is 6.80. The van der Waals surface area contributed by atoms with Gasteiger partial charge in [0.2, 0.25) is 5.91 Å². The number of ether oxygens (including phenoxy) is 3. The molecule has 0 atom stereocenters. The number of hydrogen-bond donors (Lipinski definition) is 2. The molecular weight excluding hydrogens is 382 g/mol. The fourth-order valence-corrected chi connectivity index (χ4v) is 3.09. The Morgan fingerprint density at radius 2 is 1.63 bits per heavy atom. The molecule has 0 spiro atoms. The van der Waals surface area contributed by atoms with Crippen molar-refractivity contribution >= 4 is 11.7 Å². The zero-order valence-corrected chi connectivity index (χ0v) is 17.5. The maximum absolute atomic E-state index is 12.3. The maximum atomic E-state index is 12.3. The lowest BCUT2D eigenvalue weighted by Crippen LogP contribution is -2.14. The normalized spacial score (nSPS) is 10.5. The highest BCUT2D eigenvalue weighted by Gasteiger charge is 2.09. The van der Waals surface area contributed by atoms with E-state index in [1.54, 1.807) is 14.2 Å². The van der Waals surface area contributed by atoms with Crippen molar-refractivity contribution in [2.45, 2.75) is 26.2 Å². The molecule has 1 amide bonds. The monoisotopic (exact) mass is 409 g/mol. The number of carbonyl (C=O) groups excluding carboxylic acids is 1. The van der Waals surface area contributed by atoms with E-state index in [1.807, 2.05) is 55.5 Å². The van der Waals surface area contributed by atoms with Gasteiger partial charge in [-0.2, -0.15) is 5.10 Å². The molecule has 0 bridgehead atoms. The Bertz CT molecular complexity index is 945. The highest BCUT2D eigenvalue weighted by Crippen LogP contribution is 2.23. The Balaban J connectivity index is 1.53. The number of methoxy groups -OCH3 is 2. The molecule has 2 aromatic carbocycles. The summed E-state index contributed by atoms with van der Waals surface area (Å²) in [6.07, 6.45) is 1.81. The van der Waals surface area contributed by atoms with Crippen molar-refractivity contribution in [1.82, 2.24) is 10.2 Å². The van der Waals surface area contributed by atoms with Crippen LogP contribution in [-0.2, 0) is 24.1 Å². The van der Waals surface area contributed by atoms with Crippen LogP contribution in [0.25, 0.3) is 0 Å². The largest absolute Gasteiger partial charge is 0.497 e. The van der Waals surface area contributed by atoms with E-state index in [0.717, 1.165) is 46.9 Å². The first-order valence-corrected chi connectivity index (χ1v) is 9.87. The number of benzene rings is 2. The quantitative estimate of drug-likeness (QED) is 0.532. The van der Waals surface area contributed by atoms with Crippen molar-refractivity contribution in [3.63, 3.8) is 0 Å². The van der Waals surface area contributed by atoms with Gasteiger partial charge in [0.15, 0.2) is 5.82 Å². The zero-order chi connectivity index (χ0) is 21.3. The standard InChI is InChI=1S/C23H27N3O4/c1-4-30-19-9-6-16(7-10-19)13-23(27)24-22-14-18(25-26-22)8-5-17-11-20(28-2)15-21(12-17)29-3/h6-7,9-12,14-15H,4-5,8,13H2,1-3H3,(H2,24,25,26,27). The lowest BCUT2D eigenvalue weighted by molar-refractivity contribution is -0.115. The Kier molecular flexibility index (Phi) is 7.32. The summed E-state index contributed by atoms with van der Waals surface area (Å²) < 4.78 is 16.0. The highest BCUT2D eigenvalue weighted by molar-refractivity contribution is 5.91. The number of aryl methyl sites for hydroxylation is 2. The highest BCUT2D eigenvalue weighted by atomic mass is 16.5. The number of carbonyl (C=O) groups is 1. The molecular formula is C23H27N3O4. The number of aromatic amines is 1. The lowest BCUT2D eigenvalue weighted by Gasteiger charge is -2.08. The van der Waals surface area contributed by atoms with Crippen LogP contribution in [0.4, 0.5) is 5.82 Å². The minimum absolute atomic E-state index is 0.116. The first-order valence-electron chi connectivity index (χ1n) is 9.87. The number of nitrogens with one attached hydrogen (secondary N) is 2. The Labute approximate surface area is 176 Å². The van der Waals surface area contributed by atoms with E-state index in [4.69, 9.17) is 14.2 Å². The summed E-state index contributed by atoms with van der Waals surface area (Å²) in [5.41, 5.74) is 2.95. The summed E-state index contributed by atoms with van der Waals surface area (Å²) in [5, 5.41) is 10.0. The summed E-state index contributed by atoms with van der Waals surface area (Å²) in [4.78, 5) is 12.3. The Morgan fingerprint density at radius 1 is 0.933 bits per heavy atom. The molecule has 7 nitrogen and oxygen atoms in total. The molecule has 0 saturated heterocycles. The number of aromatic nitrogens is 2. The first-order chi connectivity index (χ1) is 14.6. The zero-order valence-electron chi connectivity index (χ0n) is 17.5. The number of amides is 1. The van der Waals surface area contributed by atoms with Crippen molar-refractivity contribution in [3.8, 4) is 17.2 Å². The van der Waals surface area contributed by atoms with Gasteiger partial charge in [-0.3, -0.25) is 9.89 Å². The van der Waals surface area contributed by atoms with Crippen LogP contribution in [0.5, 0.6) is 17.2 Å². The summed E-state index contributed by atoms with van der Waals surface area (Å²) in [5.74, 6) is 2.72. The molecule has 1 aromatic heterocycles.